The standard InChI is InChI=1S/C24H29N3O3/c1-15(2)10-19-12-26-22(27-19)18-8-6-17(7-9-18)20-13-25-21(11-16(20)3)30-14-24(4,5)23(28)29/h6-9,11-13,15H,10,14H2,1-5H3,(H,26,27)(H,28,29). The van der Waals surface area contributed by atoms with Gasteiger partial charge in [-0.3, -0.25) is 4.79 Å². The molecule has 2 aromatic heterocycles. The molecule has 2 N–H and O–H groups in total. The van der Waals surface area contributed by atoms with Crippen molar-refractivity contribution in [2.24, 2.45) is 11.3 Å². The lowest BCUT2D eigenvalue weighted by atomic mass is 9.95. The van der Waals surface area contributed by atoms with Crippen molar-refractivity contribution in [1.29, 1.82) is 0 Å². The van der Waals surface area contributed by atoms with E-state index < -0.39 is 11.4 Å². The van der Waals surface area contributed by atoms with Crippen molar-refractivity contribution >= 4 is 5.97 Å². The fourth-order valence-corrected chi connectivity index (χ4v) is 3.08. The highest BCUT2D eigenvalue weighted by Gasteiger charge is 2.28. The molecule has 0 saturated carbocycles. The molecule has 0 aliphatic rings. The highest BCUT2D eigenvalue weighted by molar-refractivity contribution is 5.74. The van der Waals surface area contributed by atoms with Gasteiger partial charge in [-0.1, -0.05) is 38.1 Å². The minimum Gasteiger partial charge on any atom is -0.481 e. The average molecular weight is 408 g/mol. The number of H-pyrrole nitrogens is 1. The van der Waals surface area contributed by atoms with Crippen LogP contribution in [0.15, 0.2) is 42.7 Å². The maximum atomic E-state index is 11.2. The first-order valence-corrected chi connectivity index (χ1v) is 10.1. The molecule has 6 nitrogen and oxygen atoms in total. The number of nitrogens with zero attached hydrogens (tertiary/aromatic N) is 2. The second-order valence-electron chi connectivity index (χ2n) is 8.75. The van der Waals surface area contributed by atoms with Crippen LogP contribution in [0.4, 0.5) is 0 Å². The third-order valence-electron chi connectivity index (χ3n) is 4.97. The number of pyridine rings is 1. The molecule has 0 bridgehead atoms. The minimum atomic E-state index is -0.967. The molecule has 0 atom stereocenters. The smallest absolute Gasteiger partial charge is 0.312 e. The van der Waals surface area contributed by atoms with Crippen LogP contribution in [0.3, 0.4) is 0 Å². The van der Waals surface area contributed by atoms with Crippen molar-refractivity contribution in [2.75, 3.05) is 6.61 Å². The summed E-state index contributed by atoms with van der Waals surface area (Å²) in [6.07, 6.45) is 4.65. The molecular weight excluding hydrogens is 378 g/mol. The molecule has 158 valence electrons. The Hall–Kier alpha value is -3.15. The van der Waals surface area contributed by atoms with Gasteiger partial charge in [-0.15, -0.1) is 0 Å². The SMILES string of the molecule is Cc1cc(OCC(C)(C)C(=O)O)ncc1-c1ccc(-c2ncc(CC(C)C)[nH]2)cc1. The topological polar surface area (TPSA) is 88.1 Å². The zero-order chi connectivity index (χ0) is 21.9. The molecule has 0 unspecified atom stereocenters. The number of benzene rings is 1. The summed E-state index contributed by atoms with van der Waals surface area (Å²) in [6.45, 7) is 9.69. The molecular formula is C24H29N3O3. The van der Waals surface area contributed by atoms with Crippen LogP contribution in [-0.4, -0.2) is 32.6 Å². The average Bonchev–Trinajstić information content (AvgIpc) is 3.14. The first-order valence-electron chi connectivity index (χ1n) is 10.1. The van der Waals surface area contributed by atoms with Gasteiger partial charge in [-0.2, -0.15) is 0 Å². The Morgan fingerprint density at radius 2 is 1.80 bits per heavy atom. The Labute approximate surface area is 177 Å². The van der Waals surface area contributed by atoms with Gasteiger partial charge in [0, 0.05) is 35.3 Å². The largest absolute Gasteiger partial charge is 0.481 e. The fourth-order valence-electron chi connectivity index (χ4n) is 3.08. The number of aromatic nitrogens is 3. The van der Waals surface area contributed by atoms with Crippen molar-refractivity contribution in [3.8, 4) is 28.4 Å². The lowest BCUT2D eigenvalue weighted by Crippen LogP contribution is -2.30. The van der Waals surface area contributed by atoms with E-state index in [0.717, 1.165) is 40.2 Å². The summed E-state index contributed by atoms with van der Waals surface area (Å²) in [7, 11) is 0. The molecule has 0 amide bonds. The molecule has 3 rings (SSSR count). The van der Waals surface area contributed by atoms with Gasteiger partial charge in [0.25, 0.3) is 0 Å². The second-order valence-corrected chi connectivity index (χ2v) is 8.75. The van der Waals surface area contributed by atoms with E-state index >= 15 is 0 Å². The highest BCUT2D eigenvalue weighted by Crippen LogP contribution is 2.28. The van der Waals surface area contributed by atoms with Gasteiger partial charge in [0.2, 0.25) is 5.88 Å². The normalized spacial score (nSPS) is 11.7. The number of carbonyl (C=O) groups is 1. The van der Waals surface area contributed by atoms with Gasteiger partial charge in [-0.05, 0) is 44.2 Å². The van der Waals surface area contributed by atoms with E-state index in [1.54, 1.807) is 20.0 Å². The van der Waals surface area contributed by atoms with E-state index in [1.807, 2.05) is 31.3 Å². The van der Waals surface area contributed by atoms with Gasteiger partial charge in [0.1, 0.15) is 12.4 Å². The van der Waals surface area contributed by atoms with Crippen LogP contribution in [0.5, 0.6) is 5.88 Å². The number of aryl methyl sites for hydroxylation is 1. The van der Waals surface area contributed by atoms with Crippen LogP contribution in [0.25, 0.3) is 22.5 Å². The van der Waals surface area contributed by atoms with Crippen molar-refractivity contribution in [1.82, 2.24) is 15.0 Å². The van der Waals surface area contributed by atoms with Crippen molar-refractivity contribution in [3.05, 3.63) is 54.0 Å². The molecule has 0 saturated heterocycles. The number of rotatable bonds is 8. The third-order valence-corrected chi connectivity index (χ3v) is 4.97. The zero-order valence-corrected chi connectivity index (χ0v) is 18.2. The molecule has 1 aromatic carbocycles. The Bertz CT molecular complexity index is 1020. The first-order chi connectivity index (χ1) is 14.2. The summed E-state index contributed by atoms with van der Waals surface area (Å²) >= 11 is 0. The predicted octanol–water partition coefficient (Wildman–Crippen LogP) is 5.14. The number of ether oxygens (including phenoxy) is 1. The quantitative estimate of drug-likeness (QED) is 0.540. The molecule has 6 heteroatoms. The van der Waals surface area contributed by atoms with Crippen LogP contribution < -0.4 is 4.74 Å². The number of imidazole rings is 1. The summed E-state index contributed by atoms with van der Waals surface area (Å²) < 4.78 is 5.61. The molecule has 0 aliphatic heterocycles. The monoisotopic (exact) mass is 407 g/mol. The predicted molar refractivity (Wildman–Crippen MR) is 117 cm³/mol. The van der Waals surface area contributed by atoms with E-state index in [9.17, 15) is 9.90 Å². The van der Waals surface area contributed by atoms with Gasteiger partial charge in [0.05, 0.1) is 5.41 Å². The second kappa shape index (κ2) is 8.69. The van der Waals surface area contributed by atoms with E-state index in [-0.39, 0.29) is 6.61 Å². The molecule has 0 radical (unpaired) electrons. The third kappa shape index (κ3) is 5.06. The molecule has 0 spiro atoms. The minimum absolute atomic E-state index is 0.0603. The summed E-state index contributed by atoms with van der Waals surface area (Å²) in [4.78, 5) is 23.5. The van der Waals surface area contributed by atoms with Gasteiger partial charge >= 0.3 is 5.97 Å². The highest BCUT2D eigenvalue weighted by atomic mass is 16.5. The van der Waals surface area contributed by atoms with Gasteiger partial charge in [0.15, 0.2) is 0 Å². The lowest BCUT2D eigenvalue weighted by Gasteiger charge is -2.19. The van der Waals surface area contributed by atoms with Crippen LogP contribution in [0.1, 0.15) is 39.0 Å². The number of carboxylic acid groups (broad SMARTS) is 1. The van der Waals surface area contributed by atoms with E-state index in [4.69, 9.17) is 4.74 Å². The molecule has 3 aromatic rings. The lowest BCUT2D eigenvalue weighted by molar-refractivity contribution is -0.148. The van der Waals surface area contributed by atoms with Gasteiger partial charge in [-0.25, -0.2) is 9.97 Å². The Kier molecular flexibility index (Phi) is 6.25. The van der Waals surface area contributed by atoms with Gasteiger partial charge < -0.3 is 14.8 Å². The number of carboxylic acids is 1. The van der Waals surface area contributed by atoms with E-state index in [2.05, 4.69) is 40.9 Å². The molecule has 30 heavy (non-hydrogen) atoms. The Morgan fingerprint density at radius 1 is 1.13 bits per heavy atom. The van der Waals surface area contributed by atoms with Crippen LogP contribution >= 0.6 is 0 Å². The number of aliphatic carboxylic acids is 1. The fraction of sp³-hybridized carbons (Fsp3) is 0.375. The number of hydrogen-bond donors (Lipinski definition) is 2. The summed E-state index contributed by atoms with van der Waals surface area (Å²) in [5.41, 5.74) is 4.28. The summed E-state index contributed by atoms with van der Waals surface area (Å²) in [5.74, 6) is 0.981. The van der Waals surface area contributed by atoms with Crippen LogP contribution in [-0.2, 0) is 11.2 Å². The van der Waals surface area contributed by atoms with Crippen molar-refractivity contribution < 1.29 is 14.6 Å². The molecule has 2 heterocycles. The zero-order valence-electron chi connectivity index (χ0n) is 18.2. The molecule has 0 fully saturated rings. The molecule has 0 aliphatic carbocycles. The summed E-state index contributed by atoms with van der Waals surface area (Å²) in [5, 5.41) is 9.20. The Morgan fingerprint density at radius 3 is 2.40 bits per heavy atom. The van der Waals surface area contributed by atoms with Crippen molar-refractivity contribution in [3.63, 3.8) is 0 Å². The maximum absolute atomic E-state index is 11.2. The number of aromatic amines is 1. The summed E-state index contributed by atoms with van der Waals surface area (Å²) in [6, 6.07) is 10.0. The number of hydrogen-bond acceptors (Lipinski definition) is 4. The van der Waals surface area contributed by atoms with Crippen LogP contribution in [0.2, 0.25) is 0 Å². The first kappa shape index (κ1) is 21.6. The maximum Gasteiger partial charge on any atom is 0.312 e. The van der Waals surface area contributed by atoms with E-state index in [1.165, 1.54) is 0 Å². The van der Waals surface area contributed by atoms with Crippen molar-refractivity contribution in [2.45, 2.75) is 41.0 Å². The Balaban J connectivity index is 1.73. The van der Waals surface area contributed by atoms with Crippen LogP contribution in [0, 0.1) is 18.3 Å². The van der Waals surface area contributed by atoms with E-state index in [0.29, 0.717) is 11.8 Å². The number of nitrogens with one attached hydrogen (secondary N) is 1.